The molecule has 0 saturated heterocycles. The number of nitrogens with zero attached hydrogens (tertiary/aromatic N) is 4. The first-order valence-electron chi connectivity index (χ1n) is 7.06. The van der Waals surface area contributed by atoms with Crippen LogP contribution in [0.1, 0.15) is 32.0 Å². The second kappa shape index (κ2) is 6.55. The largest absolute Gasteiger partial charge is 0.507 e. The lowest BCUT2D eigenvalue weighted by atomic mass is 9.92. The van der Waals surface area contributed by atoms with Crippen molar-refractivity contribution in [3.8, 4) is 11.5 Å². The Morgan fingerprint density at radius 3 is 2.60 bits per heavy atom. The Bertz CT molecular complexity index is 900. The predicted octanol–water partition coefficient (Wildman–Crippen LogP) is 1.23. The van der Waals surface area contributed by atoms with Crippen LogP contribution >= 0.6 is 0 Å². The highest BCUT2D eigenvalue weighted by Crippen LogP contribution is 2.32. The maximum atomic E-state index is 11.4. The maximum Gasteiger partial charge on any atom is 0.363 e. The molecule has 11 nitrogen and oxygen atoms in total. The molecule has 0 spiro atoms. The molecule has 0 fully saturated rings. The number of nitro benzene ring substituents is 1. The zero-order chi connectivity index (χ0) is 18.8. The van der Waals surface area contributed by atoms with E-state index < -0.39 is 33.2 Å². The van der Waals surface area contributed by atoms with Gasteiger partial charge in [-0.15, -0.1) is 0 Å². The normalized spacial score (nSPS) is 11.6. The van der Waals surface area contributed by atoms with Gasteiger partial charge in [-0.25, -0.2) is 9.89 Å². The van der Waals surface area contributed by atoms with E-state index in [9.17, 15) is 25.1 Å². The Balaban J connectivity index is 2.34. The second-order valence-corrected chi connectivity index (χ2v) is 6.11. The molecule has 132 valence electrons. The molecule has 0 aliphatic heterocycles. The van der Waals surface area contributed by atoms with Gasteiger partial charge in [0.25, 0.3) is 0 Å². The molecule has 0 amide bonds. The van der Waals surface area contributed by atoms with Crippen LogP contribution in [0.5, 0.6) is 11.5 Å². The number of H-pyrrole nitrogens is 1. The van der Waals surface area contributed by atoms with Gasteiger partial charge in [-0.2, -0.15) is 15.2 Å². The van der Waals surface area contributed by atoms with Crippen molar-refractivity contribution in [3.63, 3.8) is 0 Å². The number of phenols is 2. The van der Waals surface area contributed by atoms with E-state index in [0.29, 0.717) is 5.69 Å². The van der Waals surface area contributed by atoms with Gasteiger partial charge in [0.2, 0.25) is 0 Å². The molecule has 0 saturated carbocycles. The fraction of sp³-hybridized carbons (Fsp3) is 0.286. The highest BCUT2D eigenvalue weighted by atomic mass is 16.6. The van der Waals surface area contributed by atoms with Gasteiger partial charge < -0.3 is 10.2 Å². The Labute approximate surface area is 141 Å². The molecule has 0 atom stereocenters. The minimum absolute atomic E-state index is 0.00731. The number of aromatic amines is 1. The van der Waals surface area contributed by atoms with Crippen molar-refractivity contribution >= 4 is 17.7 Å². The monoisotopic (exact) mass is 348 g/mol. The van der Waals surface area contributed by atoms with Crippen molar-refractivity contribution in [2.75, 3.05) is 5.43 Å². The van der Waals surface area contributed by atoms with Crippen LogP contribution in [0, 0.1) is 10.1 Å². The first-order valence-corrected chi connectivity index (χ1v) is 7.06. The minimum atomic E-state index is -0.792. The molecular weight excluding hydrogens is 332 g/mol. The highest BCUT2D eigenvalue weighted by Gasteiger charge is 2.22. The lowest BCUT2D eigenvalue weighted by Crippen LogP contribution is -2.24. The molecule has 1 aromatic carbocycles. The number of hydrazone groups is 1. The SMILES string of the molecule is CC(C)(C)c1n[nH]c(=O)nc1N/N=C/c1cc([N+](=O)[O-])c(O)cc1O. The van der Waals surface area contributed by atoms with Crippen molar-refractivity contribution < 1.29 is 15.1 Å². The molecule has 25 heavy (non-hydrogen) atoms. The number of hydrogen-bond donors (Lipinski definition) is 4. The van der Waals surface area contributed by atoms with E-state index in [2.05, 4.69) is 25.7 Å². The zero-order valence-electron chi connectivity index (χ0n) is 13.6. The van der Waals surface area contributed by atoms with Crippen molar-refractivity contribution in [2.45, 2.75) is 26.2 Å². The molecule has 0 radical (unpaired) electrons. The third-order valence-corrected chi connectivity index (χ3v) is 3.11. The Kier molecular flexibility index (Phi) is 4.68. The lowest BCUT2D eigenvalue weighted by molar-refractivity contribution is -0.385. The molecule has 0 unspecified atom stereocenters. The summed E-state index contributed by atoms with van der Waals surface area (Å²) in [4.78, 5) is 25.1. The van der Waals surface area contributed by atoms with E-state index in [4.69, 9.17) is 0 Å². The molecule has 1 aromatic heterocycles. The van der Waals surface area contributed by atoms with Gasteiger partial charge >= 0.3 is 11.4 Å². The van der Waals surface area contributed by atoms with Crippen LogP contribution in [0.15, 0.2) is 22.0 Å². The molecule has 2 aromatic rings. The first-order chi connectivity index (χ1) is 11.6. The number of phenolic OH excluding ortho intramolecular Hbond substituents is 2. The summed E-state index contributed by atoms with van der Waals surface area (Å²) in [5.74, 6) is -0.954. The quantitative estimate of drug-likeness (QED) is 0.363. The van der Waals surface area contributed by atoms with Crippen LogP contribution in [0.4, 0.5) is 11.5 Å². The van der Waals surface area contributed by atoms with Gasteiger partial charge in [-0.3, -0.25) is 15.5 Å². The molecule has 0 aliphatic rings. The number of benzene rings is 1. The summed E-state index contributed by atoms with van der Waals surface area (Å²) in [5, 5.41) is 40.0. The van der Waals surface area contributed by atoms with Crippen LogP contribution in [0.3, 0.4) is 0 Å². The summed E-state index contributed by atoms with van der Waals surface area (Å²) >= 11 is 0. The lowest BCUT2D eigenvalue weighted by Gasteiger charge is -2.18. The van der Waals surface area contributed by atoms with E-state index >= 15 is 0 Å². The fourth-order valence-corrected chi connectivity index (χ4v) is 1.93. The summed E-state index contributed by atoms with van der Waals surface area (Å²) in [7, 11) is 0. The summed E-state index contributed by atoms with van der Waals surface area (Å²) < 4.78 is 0. The zero-order valence-corrected chi connectivity index (χ0v) is 13.6. The summed E-state index contributed by atoms with van der Waals surface area (Å²) in [5.41, 5.74) is 1.29. The van der Waals surface area contributed by atoms with E-state index in [1.165, 1.54) is 0 Å². The third-order valence-electron chi connectivity index (χ3n) is 3.11. The molecule has 11 heteroatoms. The Hall–Kier alpha value is -3.50. The van der Waals surface area contributed by atoms with Crippen molar-refractivity contribution in [1.29, 1.82) is 0 Å². The van der Waals surface area contributed by atoms with E-state index in [-0.39, 0.29) is 11.4 Å². The highest BCUT2D eigenvalue weighted by molar-refractivity contribution is 5.85. The van der Waals surface area contributed by atoms with Gasteiger partial charge in [0, 0.05) is 23.1 Å². The molecule has 2 rings (SSSR count). The number of aromatic nitrogens is 3. The number of anilines is 1. The van der Waals surface area contributed by atoms with E-state index in [1.54, 1.807) is 0 Å². The topological polar surface area (TPSA) is 167 Å². The summed E-state index contributed by atoms with van der Waals surface area (Å²) in [6.07, 6.45) is 1.09. The van der Waals surface area contributed by atoms with Gasteiger partial charge in [-0.05, 0) is 0 Å². The Morgan fingerprint density at radius 1 is 1.32 bits per heavy atom. The summed E-state index contributed by atoms with van der Waals surface area (Å²) in [6.45, 7) is 5.58. The van der Waals surface area contributed by atoms with Crippen LogP contribution in [0.25, 0.3) is 0 Å². The van der Waals surface area contributed by atoms with E-state index in [1.807, 2.05) is 20.8 Å². The summed E-state index contributed by atoms with van der Waals surface area (Å²) in [6, 6.07) is 1.80. The average Bonchev–Trinajstić information content (AvgIpc) is 2.47. The first kappa shape index (κ1) is 17.8. The molecular formula is C14H16N6O5. The van der Waals surface area contributed by atoms with Crippen molar-refractivity contribution in [1.82, 2.24) is 15.2 Å². The van der Waals surface area contributed by atoms with Gasteiger partial charge in [0.1, 0.15) is 11.4 Å². The maximum absolute atomic E-state index is 11.4. The number of aromatic hydroxyl groups is 2. The van der Waals surface area contributed by atoms with Crippen molar-refractivity contribution in [2.24, 2.45) is 5.10 Å². The number of nitrogens with one attached hydrogen (secondary N) is 2. The molecule has 0 bridgehead atoms. The van der Waals surface area contributed by atoms with Crippen LogP contribution in [0.2, 0.25) is 0 Å². The number of nitro groups is 1. The Morgan fingerprint density at radius 2 is 2.00 bits per heavy atom. The standard InChI is InChI=1S/C14H16N6O5/c1-14(2,3)11-12(16-13(23)19-17-11)18-15-6-7-4-8(20(24)25)10(22)5-9(7)21/h4-6,21-22H,1-3H3,(H2,16,18,19,23)/b15-6+. The predicted molar refractivity (Wildman–Crippen MR) is 89.0 cm³/mol. The van der Waals surface area contributed by atoms with Crippen molar-refractivity contribution in [3.05, 3.63) is 44.0 Å². The molecule has 1 heterocycles. The van der Waals surface area contributed by atoms with Gasteiger partial charge in [-0.1, -0.05) is 20.8 Å². The number of hydrogen-bond acceptors (Lipinski definition) is 9. The molecule has 0 aliphatic carbocycles. The van der Waals surface area contributed by atoms with Gasteiger partial charge in [0.05, 0.1) is 11.1 Å². The smallest absolute Gasteiger partial charge is 0.363 e. The van der Waals surface area contributed by atoms with Crippen LogP contribution in [-0.4, -0.2) is 36.5 Å². The number of rotatable bonds is 4. The van der Waals surface area contributed by atoms with Crippen LogP contribution in [-0.2, 0) is 5.41 Å². The average molecular weight is 348 g/mol. The third kappa shape index (κ3) is 4.07. The van der Waals surface area contributed by atoms with E-state index in [0.717, 1.165) is 18.3 Å². The molecule has 4 N–H and O–H groups in total. The second-order valence-electron chi connectivity index (χ2n) is 6.11. The van der Waals surface area contributed by atoms with Gasteiger partial charge in [0.15, 0.2) is 11.6 Å². The van der Waals surface area contributed by atoms with Crippen LogP contribution < -0.4 is 11.1 Å². The fourth-order valence-electron chi connectivity index (χ4n) is 1.93. The minimum Gasteiger partial charge on any atom is -0.507 e.